The van der Waals surface area contributed by atoms with E-state index in [-0.39, 0.29) is 5.91 Å². The molecule has 2 aromatic rings. The van der Waals surface area contributed by atoms with Crippen molar-refractivity contribution in [1.82, 2.24) is 4.98 Å². The van der Waals surface area contributed by atoms with Crippen molar-refractivity contribution < 1.29 is 10.0 Å². The summed E-state index contributed by atoms with van der Waals surface area (Å²) in [5, 5.41) is 13.3. The van der Waals surface area contributed by atoms with Crippen molar-refractivity contribution in [3.05, 3.63) is 45.4 Å². The predicted molar refractivity (Wildman–Crippen MR) is 82.6 cm³/mol. The molecule has 5 nitrogen and oxygen atoms in total. The second-order valence-electron chi connectivity index (χ2n) is 4.92. The molecule has 0 saturated heterocycles. The number of rotatable bonds is 1. The Labute approximate surface area is 126 Å². The summed E-state index contributed by atoms with van der Waals surface area (Å²) in [4.78, 5) is 19.5. The van der Waals surface area contributed by atoms with Gasteiger partial charge in [-0.15, -0.1) is 11.3 Å². The molecule has 0 aliphatic carbocycles. The van der Waals surface area contributed by atoms with Crippen LogP contribution in [0.3, 0.4) is 0 Å². The van der Waals surface area contributed by atoms with E-state index in [0.29, 0.717) is 23.6 Å². The quantitative estimate of drug-likeness (QED) is 0.650. The van der Waals surface area contributed by atoms with E-state index >= 15 is 0 Å². The molecule has 3 rings (SSSR count). The minimum atomic E-state index is -0.0393. The minimum absolute atomic E-state index is 0.0393. The van der Waals surface area contributed by atoms with Crippen LogP contribution < -0.4 is 4.90 Å². The highest BCUT2D eigenvalue weighted by Gasteiger charge is 2.28. The molecule has 0 unspecified atom stereocenters. The maximum absolute atomic E-state index is 12.8. The molecule has 1 N–H and O–H groups in total. The average Bonchev–Trinajstić information content (AvgIpc) is 2.84. The summed E-state index contributed by atoms with van der Waals surface area (Å²) in [5.74, 6) is -0.0393. The van der Waals surface area contributed by atoms with Crippen LogP contribution in [-0.4, -0.2) is 28.4 Å². The van der Waals surface area contributed by atoms with E-state index < -0.39 is 0 Å². The lowest BCUT2D eigenvalue weighted by Crippen LogP contribution is -2.37. The molecule has 108 valence electrons. The molecule has 1 aliphatic heterocycles. The zero-order valence-corrected chi connectivity index (χ0v) is 12.6. The zero-order valence-electron chi connectivity index (χ0n) is 11.8. The van der Waals surface area contributed by atoms with Crippen LogP contribution in [-0.2, 0) is 0 Å². The maximum Gasteiger partial charge on any atom is 0.270 e. The Morgan fingerprint density at radius 3 is 2.81 bits per heavy atom. The molecule has 2 heterocycles. The molecule has 6 heteroatoms. The Kier molecular flexibility index (Phi) is 3.47. The number of carbonyl (C=O) groups excluding carboxylic acids is 1. The fourth-order valence-corrected chi connectivity index (χ4v) is 3.46. The smallest absolute Gasteiger partial charge is 0.270 e. The van der Waals surface area contributed by atoms with Gasteiger partial charge in [0.05, 0.1) is 22.1 Å². The first-order valence-corrected chi connectivity index (χ1v) is 7.49. The van der Waals surface area contributed by atoms with Gasteiger partial charge in [-0.1, -0.05) is 23.4 Å². The van der Waals surface area contributed by atoms with Crippen LogP contribution >= 0.6 is 11.3 Å². The normalized spacial score (nSPS) is 16.1. The highest BCUT2D eigenvalue weighted by Crippen LogP contribution is 2.30. The Bertz CT molecular complexity index is 736. The minimum Gasteiger partial charge on any atom is -0.411 e. The van der Waals surface area contributed by atoms with E-state index in [1.165, 1.54) is 11.3 Å². The number of thiazole rings is 1. The molecule has 1 aromatic heterocycles. The number of para-hydroxylation sites is 1. The molecule has 0 spiro atoms. The largest absolute Gasteiger partial charge is 0.411 e. The summed E-state index contributed by atoms with van der Waals surface area (Å²) >= 11 is 1.42. The van der Waals surface area contributed by atoms with Crippen molar-refractivity contribution in [3.63, 3.8) is 0 Å². The van der Waals surface area contributed by atoms with Gasteiger partial charge in [-0.25, -0.2) is 4.98 Å². The summed E-state index contributed by atoms with van der Waals surface area (Å²) in [6, 6.07) is 7.50. The number of aryl methyl sites for hydroxylation is 2. The summed E-state index contributed by atoms with van der Waals surface area (Å²) in [6.07, 6.45) is 0.538. The van der Waals surface area contributed by atoms with Gasteiger partial charge in [0.25, 0.3) is 5.91 Å². The van der Waals surface area contributed by atoms with Gasteiger partial charge in [-0.2, -0.15) is 0 Å². The van der Waals surface area contributed by atoms with Gasteiger partial charge in [0, 0.05) is 18.5 Å². The van der Waals surface area contributed by atoms with Gasteiger partial charge in [0.15, 0.2) is 0 Å². The summed E-state index contributed by atoms with van der Waals surface area (Å²) in [5.41, 5.74) is 2.97. The molecule has 0 atom stereocenters. The van der Waals surface area contributed by atoms with Gasteiger partial charge in [0.1, 0.15) is 4.88 Å². The molecule has 0 saturated carbocycles. The fourth-order valence-electron chi connectivity index (χ4n) is 2.59. The van der Waals surface area contributed by atoms with Gasteiger partial charge in [-0.05, 0) is 19.9 Å². The molecular weight excluding hydrogens is 286 g/mol. The summed E-state index contributed by atoms with van der Waals surface area (Å²) < 4.78 is 0. The van der Waals surface area contributed by atoms with Crippen LogP contribution in [0.5, 0.6) is 0 Å². The van der Waals surface area contributed by atoms with Crippen molar-refractivity contribution in [1.29, 1.82) is 0 Å². The van der Waals surface area contributed by atoms with E-state index in [2.05, 4.69) is 10.1 Å². The number of nitrogens with zero attached hydrogens (tertiary/aromatic N) is 3. The van der Waals surface area contributed by atoms with Crippen molar-refractivity contribution >= 4 is 28.6 Å². The Balaban J connectivity index is 2.04. The van der Waals surface area contributed by atoms with Crippen molar-refractivity contribution in [2.24, 2.45) is 5.16 Å². The van der Waals surface area contributed by atoms with Crippen molar-refractivity contribution in [3.8, 4) is 0 Å². The molecule has 1 aromatic carbocycles. The lowest BCUT2D eigenvalue weighted by molar-refractivity contribution is 0.0990. The standard InChI is InChI=1S/C15H15N3O2S/c1-9-14(21-10(2)16-9)15(19)18-8-7-12(17-20)11-5-3-4-6-13(11)18/h3-6,20H,7-8H2,1-2H3/b17-12-. The number of fused-ring (bicyclic) bond motifs is 1. The fraction of sp³-hybridized carbons (Fsp3) is 0.267. The number of hydrogen-bond acceptors (Lipinski definition) is 5. The average molecular weight is 301 g/mol. The molecule has 1 amide bonds. The highest BCUT2D eigenvalue weighted by atomic mass is 32.1. The van der Waals surface area contributed by atoms with Crippen molar-refractivity contribution in [2.75, 3.05) is 11.4 Å². The lowest BCUT2D eigenvalue weighted by atomic mass is 9.99. The molecule has 0 fully saturated rings. The van der Waals surface area contributed by atoms with Gasteiger partial charge < -0.3 is 10.1 Å². The lowest BCUT2D eigenvalue weighted by Gasteiger charge is -2.29. The van der Waals surface area contributed by atoms with Crippen molar-refractivity contribution in [2.45, 2.75) is 20.3 Å². The van der Waals surface area contributed by atoms with Gasteiger partial charge >= 0.3 is 0 Å². The van der Waals surface area contributed by atoms with Crippen LogP contribution in [0.15, 0.2) is 29.4 Å². The Morgan fingerprint density at radius 2 is 2.14 bits per heavy atom. The third kappa shape index (κ3) is 2.31. The molecule has 0 radical (unpaired) electrons. The first kappa shape index (κ1) is 13.8. The maximum atomic E-state index is 12.8. The molecule has 1 aliphatic rings. The third-order valence-electron chi connectivity index (χ3n) is 3.54. The zero-order chi connectivity index (χ0) is 15.0. The third-order valence-corrected chi connectivity index (χ3v) is 4.60. The van der Waals surface area contributed by atoms with E-state index in [9.17, 15) is 4.79 Å². The van der Waals surface area contributed by atoms with Crippen LogP contribution in [0.1, 0.15) is 32.4 Å². The number of carbonyl (C=O) groups is 1. The molecule has 0 bridgehead atoms. The molecule has 21 heavy (non-hydrogen) atoms. The van der Waals surface area contributed by atoms with Gasteiger partial charge in [-0.3, -0.25) is 4.79 Å². The van der Waals surface area contributed by atoms with Crippen LogP contribution in [0.25, 0.3) is 0 Å². The number of anilines is 1. The van der Waals surface area contributed by atoms with E-state index in [1.54, 1.807) is 4.90 Å². The highest BCUT2D eigenvalue weighted by molar-refractivity contribution is 7.13. The first-order valence-electron chi connectivity index (χ1n) is 6.68. The summed E-state index contributed by atoms with van der Waals surface area (Å²) in [6.45, 7) is 4.26. The van der Waals surface area contributed by atoms with Gasteiger partial charge in [0.2, 0.25) is 0 Å². The van der Waals surface area contributed by atoms with Crippen LogP contribution in [0.4, 0.5) is 5.69 Å². The number of hydrogen-bond donors (Lipinski definition) is 1. The predicted octanol–water partition coefficient (Wildman–Crippen LogP) is 2.99. The number of oxime groups is 1. The topological polar surface area (TPSA) is 65.8 Å². The van der Waals surface area contributed by atoms with Crippen LogP contribution in [0, 0.1) is 13.8 Å². The number of aromatic nitrogens is 1. The second kappa shape index (κ2) is 5.29. The monoisotopic (exact) mass is 301 g/mol. The van der Waals surface area contributed by atoms with E-state index in [1.807, 2.05) is 38.1 Å². The molecular formula is C15H15N3O2S. The number of amides is 1. The second-order valence-corrected chi connectivity index (χ2v) is 6.12. The SMILES string of the molecule is Cc1nc(C)c(C(=O)N2CC/C(=N/O)c3ccccc32)s1. The summed E-state index contributed by atoms with van der Waals surface area (Å²) in [7, 11) is 0. The van der Waals surface area contributed by atoms with E-state index in [4.69, 9.17) is 5.21 Å². The number of benzene rings is 1. The first-order chi connectivity index (χ1) is 10.1. The Hall–Kier alpha value is -2.21. The van der Waals surface area contributed by atoms with E-state index in [0.717, 1.165) is 22.0 Å². The van der Waals surface area contributed by atoms with Crippen LogP contribution in [0.2, 0.25) is 0 Å². The Morgan fingerprint density at radius 1 is 1.38 bits per heavy atom.